The minimum Gasteiger partial charge on any atom is -0.477 e. The fraction of sp³-hybridized carbons (Fsp3) is 0. The van der Waals surface area contributed by atoms with Crippen molar-refractivity contribution in [1.82, 2.24) is 25.1 Å². The lowest BCUT2D eigenvalue weighted by Crippen LogP contribution is -2.07. The fourth-order valence-corrected chi connectivity index (χ4v) is 0.987. The summed E-state index contributed by atoms with van der Waals surface area (Å²) >= 11 is 0. The molecule has 0 atom stereocenters. The topological polar surface area (TPSA) is 131 Å². The quantitative estimate of drug-likeness (QED) is 0.605. The average Bonchev–Trinajstić information content (AvgIpc) is 2.69. The van der Waals surface area contributed by atoms with Gasteiger partial charge in [0.1, 0.15) is 17.7 Å². The van der Waals surface area contributed by atoms with Gasteiger partial charge in [-0.1, -0.05) is 0 Å². The van der Waals surface area contributed by atoms with Crippen molar-refractivity contribution in [1.29, 1.82) is 0 Å². The van der Waals surface area contributed by atoms with Gasteiger partial charge in [0.05, 0.1) is 0 Å². The molecule has 2 rings (SSSR count). The van der Waals surface area contributed by atoms with Gasteiger partial charge < -0.3 is 10.8 Å². The summed E-state index contributed by atoms with van der Waals surface area (Å²) in [4.78, 5) is 22.0. The lowest BCUT2D eigenvalue weighted by molar-refractivity contribution is 0.0697. The molecule has 0 saturated heterocycles. The summed E-state index contributed by atoms with van der Waals surface area (Å²) in [5.41, 5.74) is 5.29. The van der Waals surface area contributed by atoms with Gasteiger partial charge in [-0.25, -0.2) is 19.7 Å². The standard InChI is InChI=1S/C7H6N6O2/c8-4-3(7(14)15)1-9-5(12-4)6-10-2-11-13-6/h1-2H,(H,14,15)(H2,8,9,12)(H,10,11,13). The third-order valence-electron chi connectivity index (χ3n) is 1.68. The molecule has 0 saturated carbocycles. The van der Waals surface area contributed by atoms with E-state index in [1.165, 1.54) is 6.33 Å². The zero-order chi connectivity index (χ0) is 10.8. The van der Waals surface area contributed by atoms with Gasteiger partial charge in [0.2, 0.25) is 0 Å². The Morgan fingerprint density at radius 2 is 2.27 bits per heavy atom. The molecule has 2 aromatic heterocycles. The van der Waals surface area contributed by atoms with Crippen LogP contribution in [0.5, 0.6) is 0 Å². The monoisotopic (exact) mass is 206 g/mol. The summed E-state index contributed by atoms with van der Waals surface area (Å²) in [5.74, 6) is -0.742. The third-order valence-corrected chi connectivity index (χ3v) is 1.68. The average molecular weight is 206 g/mol. The highest BCUT2D eigenvalue weighted by atomic mass is 16.4. The number of anilines is 1. The maximum atomic E-state index is 10.6. The molecule has 0 aliphatic heterocycles. The number of H-pyrrole nitrogens is 1. The minimum absolute atomic E-state index is 0.107. The number of nitrogens with zero attached hydrogens (tertiary/aromatic N) is 4. The summed E-state index contributed by atoms with van der Waals surface area (Å²) in [6, 6.07) is 0. The molecule has 4 N–H and O–H groups in total. The number of hydrogen-bond donors (Lipinski definition) is 3. The number of aromatic amines is 1. The molecule has 0 bridgehead atoms. The normalized spacial score (nSPS) is 10.1. The smallest absolute Gasteiger partial charge is 0.341 e. The van der Waals surface area contributed by atoms with Crippen LogP contribution in [0.1, 0.15) is 10.4 Å². The first-order valence-corrected chi connectivity index (χ1v) is 3.90. The molecule has 0 aliphatic rings. The first kappa shape index (κ1) is 9.06. The van der Waals surface area contributed by atoms with E-state index < -0.39 is 5.97 Å². The Balaban J connectivity index is 2.47. The maximum Gasteiger partial charge on any atom is 0.341 e. The molecule has 76 valence electrons. The number of carbonyl (C=O) groups is 1. The number of carboxylic acids is 1. The van der Waals surface area contributed by atoms with Crippen LogP contribution in [0.4, 0.5) is 5.82 Å². The van der Waals surface area contributed by atoms with Gasteiger partial charge in [0.15, 0.2) is 11.6 Å². The number of aromatic carboxylic acids is 1. The second-order valence-corrected chi connectivity index (χ2v) is 2.63. The van der Waals surface area contributed by atoms with E-state index in [-0.39, 0.29) is 17.2 Å². The molecule has 8 nitrogen and oxygen atoms in total. The molecule has 15 heavy (non-hydrogen) atoms. The number of aromatic nitrogens is 5. The lowest BCUT2D eigenvalue weighted by Gasteiger charge is -2.00. The number of hydrogen-bond acceptors (Lipinski definition) is 6. The van der Waals surface area contributed by atoms with Crippen molar-refractivity contribution >= 4 is 11.8 Å². The lowest BCUT2D eigenvalue weighted by atomic mass is 10.3. The van der Waals surface area contributed by atoms with Crippen LogP contribution in [0.15, 0.2) is 12.5 Å². The van der Waals surface area contributed by atoms with Crippen molar-refractivity contribution in [3.05, 3.63) is 18.1 Å². The second-order valence-electron chi connectivity index (χ2n) is 2.63. The Morgan fingerprint density at radius 3 is 2.80 bits per heavy atom. The summed E-state index contributed by atoms with van der Waals surface area (Å²) < 4.78 is 0. The van der Waals surface area contributed by atoms with Crippen LogP contribution in [0.2, 0.25) is 0 Å². The van der Waals surface area contributed by atoms with Crippen molar-refractivity contribution < 1.29 is 9.90 Å². The Kier molecular flexibility index (Phi) is 2.01. The van der Waals surface area contributed by atoms with E-state index in [9.17, 15) is 4.79 Å². The summed E-state index contributed by atoms with van der Waals surface area (Å²) in [7, 11) is 0. The van der Waals surface area contributed by atoms with Gasteiger partial charge in [0, 0.05) is 6.20 Å². The van der Waals surface area contributed by atoms with Crippen molar-refractivity contribution in [2.24, 2.45) is 0 Å². The van der Waals surface area contributed by atoms with Crippen LogP contribution >= 0.6 is 0 Å². The number of carboxylic acid groups (broad SMARTS) is 1. The van der Waals surface area contributed by atoms with E-state index >= 15 is 0 Å². The van der Waals surface area contributed by atoms with Gasteiger partial charge in [0.25, 0.3) is 0 Å². The first-order chi connectivity index (χ1) is 7.18. The highest BCUT2D eigenvalue weighted by molar-refractivity contribution is 5.92. The molecule has 8 heteroatoms. The molecule has 0 radical (unpaired) electrons. The van der Waals surface area contributed by atoms with Crippen molar-refractivity contribution in [2.75, 3.05) is 5.73 Å². The van der Waals surface area contributed by atoms with E-state index in [2.05, 4.69) is 25.1 Å². The van der Waals surface area contributed by atoms with Crippen molar-refractivity contribution in [2.45, 2.75) is 0 Å². The van der Waals surface area contributed by atoms with Gasteiger partial charge >= 0.3 is 5.97 Å². The second kappa shape index (κ2) is 3.33. The van der Waals surface area contributed by atoms with E-state index in [0.29, 0.717) is 5.82 Å². The molecule has 0 spiro atoms. The van der Waals surface area contributed by atoms with Crippen molar-refractivity contribution in [3.8, 4) is 11.6 Å². The summed E-state index contributed by atoms with van der Waals surface area (Å²) in [5, 5.41) is 14.8. The molecule has 0 fully saturated rings. The van der Waals surface area contributed by atoms with E-state index in [4.69, 9.17) is 10.8 Å². The van der Waals surface area contributed by atoms with E-state index in [1.807, 2.05) is 0 Å². The zero-order valence-electron chi connectivity index (χ0n) is 7.38. The van der Waals surface area contributed by atoms with Crippen LogP contribution in [0.25, 0.3) is 11.6 Å². The highest BCUT2D eigenvalue weighted by Gasteiger charge is 2.12. The summed E-state index contributed by atoms with van der Waals surface area (Å²) in [6.45, 7) is 0. The Bertz CT molecular complexity index is 494. The molecular weight excluding hydrogens is 200 g/mol. The van der Waals surface area contributed by atoms with E-state index in [1.54, 1.807) is 0 Å². The number of nitrogens with one attached hydrogen (secondary N) is 1. The Morgan fingerprint density at radius 1 is 1.47 bits per heavy atom. The number of nitrogens with two attached hydrogens (primary N) is 1. The molecule has 2 heterocycles. The molecule has 0 unspecified atom stereocenters. The third kappa shape index (κ3) is 1.59. The molecule has 0 aromatic carbocycles. The fourth-order valence-electron chi connectivity index (χ4n) is 0.987. The molecule has 0 aliphatic carbocycles. The number of nitrogen functional groups attached to an aromatic ring is 1. The minimum atomic E-state index is -1.17. The van der Waals surface area contributed by atoms with Crippen LogP contribution in [0.3, 0.4) is 0 Å². The number of rotatable bonds is 2. The van der Waals surface area contributed by atoms with Crippen molar-refractivity contribution in [3.63, 3.8) is 0 Å². The molecular formula is C7H6N6O2. The predicted molar refractivity (Wildman–Crippen MR) is 48.8 cm³/mol. The SMILES string of the molecule is Nc1nc(-c2ncn[nH]2)ncc1C(=O)O. The Hall–Kier alpha value is -2.51. The zero-order valence-corrected chi connectivity index (χ0v) is 7.38. The van der Waals surface area contributed by atoms with Gasteiger partial charge in [-0.15, -0.1) is 0 Å². The van der Waals surface area contributed by atoms with Crippen LogP contribution < -0.4 is 5.73 Å². The molecule has 0 amide bonds. The summed E-state index contributed by atoms with van der Waals surface area (Å²) in [6.07, 6.45) is 2.42. The first-order valence-electron chi connectivity index (χ1n) is 3.90. The van der Waals surface area contributed by atoms with Gasteiger partial charge in [-0.3, -0.25) is 5.10 Å². The van der Waals surface area contributed by atoms with E-state index in [0.717, 1.165) is 6.20 Å². The maximum absolute atomic E-state index is 10.6. The molecule has 2 aromatic rings. The predicted octanol–water partition coefficient (Wildman–Crippen LogP) is -0.458. The largest absolute Gasteiger partial charge is 0.477 e. The van der Waals surface area contributed by atoms with Gasteiger partial charge in [-0.2, -0.15) is 5.10 Å². The van der Waals surface area contributed by atoms with Crippen LogP contribution in [0, 0.1) is 0 Å². The van der Waals surface area contributed by atoms with Gasteiger partial charge in [-0.05, 0) is 0 Å². The van der Waals surface area contributed by atoms with Crippen LogP contribution in [-0.4, -0.2) is 36.2 Å². The highest BCUT2D eigenvalue weighted by Crippen LogP contribution is 2.12. The Labute approximate surface area is 83.2 Å². The van der Waals surface area contributed by atoms with Crippen LogP contribution in [-0.2, 0) is 0 Å².